The summed E-state index contributed by atoms with van der Waals surface area (Å²) in [4.78, 5) is 12.0. The zero-order chi connectivity index (χ0) is 26.7. The van der Waals surface area contributed by atoms with Crippen LogP contribution < -0.4 is 0 Å². The Morgan fingerprint density at radius 3 is 0.778 bits per heavy atom. The van der Waals surface area contributed by atoms with Crippen molar-refractivity contribution in [3.05, 3.63) is 0 Å². The van der Waals surface area contributed by atoms with Crippen molar-refractivity contribution in [1.82, 2.24) is 0 Å². The molecule has 6 heteroatoms. The van der Waals surface area contributed by atoms with Gasteiger partial charge in [0.15, 0.2) is 8.32 Å². The van der Waals surface area contributed by atoms with Crippen LogP contribution in [0.2, 0.25) is 16.6 Å². The maximum absolute atomic E-state index is 12.0. The molecule has 0 heterocycles. The van der Waals surface area contributed by atoms with Crippen LogP contribution in [-0.4, -0.2) is 48.3 Å². The van der Waals surface area contributed by atoms with Crippen molar-refractivity contribution in [2.24, 2.45) is 17.8 Å². The van der Waals surface area contributed by atoms with Gasteiger partial charge in [-0.05, 0) is 34.4 Å². The third-order valence-electron chi connectivity index (χ3n) is 7.87. The molecular weight excluding hydrogens is 544 g/mol. The summed E-state index contributed by atoms with van der Waals surface area (Å²) in [5.41, 5.74) is 2.30. The van der Waals surface area contributed by atoms with Crippen LogP contribution >= 0.6 is 0 Å². The number of aliphatic hydroxyl groups is 3. The molecule has 0 aromatic heterocycles. The molecule has 216 valence electrons. The smallest absolute Gasteiger partial charge is 0.197 e. The molecule has 3 rings (SSSR count). The van der Waals surface area contributed by atoms with E-state index in [1.165, 1.54) is 96.3 Å². The summed E-state index contributed by atoms with van der Waals surface area (Å²) in [5.74, 6) is 1.32. The molecule has 0 bridgehead atoms. The van der Waals surface area contributed by atoms with Crippen LogP contribution in [0.15, 0.2) is 0 Å². The summed E-state index contributed by atoms with van der Waals surface area (Å²) >= 11 is 0. The van der Waals surface area contributed by atoms with Crippen molar-refractivity contribution < 1.29 is 46.3 Å². The van der Waals surface area contributed by atoms with Gasteiger partial charge in [0.05, 0.1) is 0 Å². The average molecular weight is 608 g/mol. The molecule has 36 heavy (non-hydrogen) atoms. The summed E-state index contributed by atoms with van der Waals surface area (Å²) in [6.07, 6.45) is 20.9. The Kier molecular flexibility index (Phi) is 25.8. The third-order valence-corrected chi connectivity index (χ3v) is 13.5. The first kappa shape index (κ1) is 39.1. The molecule has 3 aliphatic carbocycles. The van der Waals surface area contributed by atoms with E-state index in [1.807, 2.05) is 41.5 Å². The van der Waals surface area contributed by atoms with Crippen molar-refractivity contribution in [3.63, 3.8) is 0 Å². The SMILES string of the molecule is CC(C)CO.CC(C)CO.CC(C)CO.O[Si](C1CCCCC1)(C1CCCCC1)C1CCCCC1.[Zr]. The van der Waals surface area contributed by atoms with Gasteiger partial charge in [-0.1, -0.05) is 138 Å². The fourth-order valence-electron chi connectivity index (χ4n) is 5.70. The van der Waals surface area contributed by atoms with Gasteiger partial charge in [0.1, 0.15) is 0 Å². The molecule has 0 atom stereocenters. The van der Waals surface area contributed by atoms with E-state index in [1.54, 1.807) is 0 Å². The number of hydrogen-bond acceptors (Lipinski definition) is 4. The van der Waals surface area contributed by atoms with Crippen LogP contribution in [0.5, 0.6) is 0 Å². The minimum atomic E-state index is -2.05. The molecule has 4 N–H and O–H groups in total. The van der Waals surface area contributed by atoms with Crippen LogP contribution in [0.4, 0.5) is 0 Å². The second-order valence-electron chi connectivity index (χ2n) is 12.6. The molecule has 0 aromatic carbocycles. The van der Waals surface area contributed by atoms with Gasteiger partial charge < -0.3 is 20.1 Å². The summed E-state index contributed by atoms with van der Waals surface area (Å²) in [7, 11) is -2.05. The van der Waals surface area contributed by atoms with E-state index in [4.69, 9.17) is 15.3 Å². The van der Waals surface area contributed by atoms with Gasteiger partial charge >= 0.3 is 0 Å². The number of aliphatic hydroxyl groups excluding tert-OH is 3. The fraction of sp³-hybridized carbons (Fsp3) is 1.00. The first-order chi connectivity index (χ1) is 16.6. The minimum absolute atomic E-state index is 0. The number of hydrogen-bond donors (Lipinski definition) is 4. The minimum Gasteiger partial charge on any atom is -0.431 e. The van der Waals surface area contributed by atoms with Crippen molar-refractivity contribution in [2.75, 3.05) is 19.8 Å². The van der Waals surface area contributed by atoms with Crippen molar-refractivity contribution in [3.8, 4) is 0 Å². The standard InChI is InChI=1S/C18H34OSi.3C4H10O.Zr/c19-20(16-10-4-1-5-11-16,17-12-6-2-7-13-17)18-14-8-3-9-15-18;3*1-4(2)3-5;/h16-19H,1-15H2;3*4-5H,3H2,1-2H3;. The van der Waals surface area contributed by atoms with Gasteiger partial charge in [-0.15, -0.1) is 0 Å². The summed E-state index contributed by atoms with van der Waals surface area (Å²) in [5, 5.41) is 24.4. The van der Waals surface area contributed by atoms with Crippen LogP contribution in [0.25, 0.3) is 0 Å². The molecule has 0 spiro atoms. The van der Waals surface area contributed by atoms with E-state index in [0.29, 0.717) is 37.6 Å². The van der Waals surface area contributed by atoms with Gasteiger partial charge in [0.25, 0.3) is 0 Å². The van der Waals surface area contributed by atoms with Crippen LogP contribution in [0, 0.1) is 17.8 Å². The molecule has 0 radical (unpaired) electrons. The molecule has 3 fully saturated rings. The van der Waals surface area contributed by atoms with Gasteiger partial charge in [-0.3, -0.25) is 0 Å². The normalized spacial score (nSPS) is 19.9. The Bertz CT molecular complexity index is 393. The Morgan fingerprint density at radius 1 is 0.472 bits per heavy atom. The summed E-state index contributed by atoms with van der Waals surface area (Å²) in [6.45, 7) is 12.7. The summed E-state index contributed by atoms with van der Waals surface area (Å²) < 4.78 is 0. The predicted octanol–water partition coefficient (Wildman–Crippen LogP) is 7.83. The predicted molar refractivity (Wildman–Crippen MR) is 154 cm³/mol. The molecule has 3 aliphatic rings. The molecule has 0 aliphatic heterocycles. The zero-order valence-electron chi connectivity index (χ0n) is 25.0. The Morgan fingerprint density at radius 2 is 0.639 bits per heavy atom. The average Bonchev–Trinajstić information content (AvgIpc) is 2.90. The quantitative estimate of drug-likeness (QED) is 0.232. The maximum Gasteiger partial charge on any atom is 0.197 e. The van der Waals surface area contributed by atoms with Gasteiger partial charge in [-0.2, -0.15) is 0 Å². The second-order valence-corrected chi connectivity index (χ2v) is 16.8. The van der Waals surface area contributed by atoms with Crippen LogP contribution in [0.1, 0.15) is 138 Å². The molecule has 4 nitrogen and oxygen atoms in total. The molecule has 3 saturated carbocycles. The van der Waals surface area contributed by atoms with E-state index in [-0.39, 0.29) is 26.2 Å². The Balaban J connectivity index is 0. The van der Waals surface area contributed by atoms with Crippen molar-refractivity contribution >= 4 is 8.32 Å². The fourth-order valence-corrected chi connectivity index (χ4v) is 11.7. The van der Waals surface area contributed by atoms with Gasteiger partial charge in [-0.25, -0.2) is 0 Å². The van der Waals surface area contributed by atoms with E-state index in [2.05, 4.69) is 0 Å². The van der Waals surface area contributed by atoms with Crippen molar-refractivity contribution in [1.29, 1.82) is 0 Å². The largest absolute Gasteiger partial charge is 0.431 e. The monoisotopic (exact) mass is 606 g/mol. The molecular formula is C30H64O4SiZr. The van der Waals surface area contributed by atoms with Gasteiger partial charge in [0.2, 0.25) is 0 Å². The first-order valence-corrected chi connectivity index (χ1v) is 17.4. The number of rotatable bonds is 6. The Hall–Kier alpha value is 0.940. The maximum atomic E-state index is 12.0. The molecule has 0 amide bonds. The van der Waals surface area contributed by atoms with Crippen LogP contribution in [0.3, 0.4) is 0 Å². The summed E-state index contributed by atoms with van der Waals surface area (Å²) in [6, 6.07) is 0. The van der Waals surface area contributed by atoms with E-state index >= 15 is 0 Å². The van der Waals surface area contributed by atoms with Crippen LogP contribution in [-0.2, 0) is 26.2 Å². The molecule has 0 aromatic rings. The van der Waals surface area contributed by atoms with E-state index in [0.717, 1.165) is 16.6 Å². The first-order valence-electron chi connectivity index (χ1n) is 15.2. The topological polar surface area (TPSA) is 80.9 Å². The third kappa shape index (κ3) is 16.8. The van der Waals surface area contributed by atoms with E-state index in [9.17, 15) is 4.80 Å². The molecule has 0 saturated heterocycles. The van der Waals surface area contributed by atoms with E-state index < -0.39 is 8.32 Å². The Labute approximate surface area is 245 Å². The van der Waals surface area contributed by atoms with Crippen molar-refractivity contribution in [2.45, 2.75) is 154 Å². The van der Waals surface area contributed by atoms with Gasteiger partial charge in [0, 0.05) is 46.0 Å². The zero-order valence-corrected chi connectivity index (χ0v) is 28.4. The molecule has 0 unspecified atom stereocenters. The second kappa shape index (κ2) is 23.8.